The molecule has 9 heteroatoms. The van der Waals surface area contributed by atoms with Crippen LogP contribution >= 0.6 is 23.2 Å². The molecule has 0 amide bonds. The zero-order chi connectivity index (χ0) is 19.8. The third kappa shape index (κ3) is 4.03. The van der Waals surface area contributed by atoms with Gasteiger partial charge in [0, 0.05) is 13.1 Å². The molecule has 146 valence electrons. The maximum absolute atomic E-state index is 13.0. The summed E-state index contributed by atoms with van der Waals surface area (Å²) in [4.78, 5) is -0.116. The lowest BCUT2D eigenvalue weighted by molar-refractivity contribution is 0.346. The second-order valence-corrected chi connectivity index (χ2v) is 11.1. The number of rotatable bonds is 4. The molecule has 0 aliphatic carbocycles. The zero-order valence-corrected chi connectivity index (χ0v) is 17.8. The summed E-state index contributed by atoms with van der Waals surface area (Å²) < 4.78 is 53.4. The largest absolute Gasteiger partial charge is 0.243 e. The van der Waals surface area contributed by atoms with E-state index in [1.165, 1.54) is 40.7 Å². The Morgan fingerprint density at radius 2 is 1.41 bits per heavy atom. The maximum Gasteiger partial charge on any atom is 0.243 e. The summed E-state index contributed by atoms with van der Waals surface area (Å²) in [7, 11) is -7.69. The van der Waals surface area contributed by atoms with E-state index in [2.05, 4.69) is 0 Å². The molecule has 0 atom stereocenters. The fourth-order valence-electron chi connectivity index (χ4n) is 3.05. The van der Waals surface area contributed by atoms with E-state index < -0.39 is 19.9 Å². The molecule has 1 heterocycles. The molecule has 1 aliphatic rings. The second kappa shape index (κ2) is 7.72. The predicted molar refractivity (Wildman–Crippen MR) is 106 cm³/mol. The van der Waals surface area contributed by atoms with Crippen LogP contribution in [0.5, 0.6) is 0 Å². The summed E-state index contributed by atoms with van der Waals surface area (Å²) in [6.45, 7) is 2.56. The Morgan fingerprint density at radius 1 is 0.815 bits per heavy atom. The molecule has 1 aliphatic heterocycles. The molecule has 2 aromatic rings. The van der Waals surface area contributed by atoms with Gasteiger partial charge in [0.05, 0.1) is 24.7 Å². The van der Waals surface area contributed by atoms with Crippen molar-refractivity contribution in [3.63, 3.8) is 0 Å². The molecule has 27 heavy (non-hydrogen) atoms. The highest BCUT2D eigenvalue weighted by Crippen LogP contribution is 2.31. The number of sulfone groups is 1. The quantitative estimate of drug-likeness (QED) is 0.699. The van der Waals surface area contributed by atoms with Crippen LogP contribution in [0.2, 0.25) is 10.0 Å². The molecule has 0 spiro atoms. The van der Waals surface area contributed by atoms with Gasteiger partial charge in [-0.3, -0.25) is 0 Å². The first-order chi connectivity index (χ1) is 12.6. The Labute approximate surface area is 169 Å². The molecule has 2 aromatic carbocycles. The van der Waals surface area contributed by atoms with Crippen molar-refractivity contribution in [3.8, 4) is 0 Å². The lowest BCUT2D eigenvalue weighted by atomic mass is 10.2. The summed E-state index contributed by atoms with van der Waals surface area (Å²) in [5, 5.41) is 0.360. The first kappa shape index (κ1) is 20.6. The first-order valence-corrected chi connectivity index (χ1v) is 12.1. The standard InChI is InChI=1S/C18H19Cl2NO4S2/c1-13-5-6-15(26(22,23)14-7-8-16(19)17(20)11-14)12-18(13)27(24,25)21-9-3-2-4-10-21/h5-8,11-12H,2-4,9-10H2,1H3. The number of benzene rings is 2. The van der Waals surface area contributed by atoms with Gasteiger partial charge in [0.2, 0.25) is 19.9 Å². The van der Waals surface area contributed by atoms with Gasteiger partial charge in [0.25, 0.3) is 0 Å². The van der Waals surface area contributed by atoms with Crippen molar-refractivity contribution in [1.29, 1.82) is 0 Å². The van der Waals surface area contributed by atoms with E-state index in [1.54, 1.807) is 6.92 Å². The minimum absolute atomic E-state index is 0.0190. The van der Waals surface area contributed by atoms with Crippen LogP contribution in [0.1, 0.15) is 24.8 Å². The molecule has 3 rings (SSSR count). The number of hydrogen-bond donors (Lipinski definition) is 0. The summed E-state index contributed by atoms with van der Waals surface area (Å²) in [5.74, 6) is 0. The summed E-state index contributed by atoms with van der Waals surface area (Å²) in [6, 6.07) is 8.16. The Balaban J connectivity index is 2.08. The topological polar surface area (TPSA) is 71.5 Å². The minimum atomic E-state index is -3.93. The van der Waals surface area contributed by atoms with Crippen molar-refractivity contribution < 1.29 is 16.8 Å². The van der Waals surface area contributed by atoms with Gasteiger partial charge in [-0.25, -0.2) is 16.8 Å². The number of sulfonamides is 1. The third-order valence-corrected chi connectivity index (χ3v) is 9.13. The molecule has 1 fully saturated rings. The fourth-order valence-corrected chi connectivity index (χ4v) is 6.57. The van der Waals surface area contributed by atoms with Crippen molar-refractivity contribution in [2.24, 2.45) is 0 Å². The smallest absolute Gasteiger partial charge is 0.219 e. The number of aryl methyl sites for hydroxylation is 1. The van der Waals surface area contributed by atoms with E-state index in [4.69, 9.17) is 23.2 Å². The van der Waals surface area contributed by atoms with Crippen LogP contribution in [-0.2, 0) is 19.9 Å². The lowest BCUT2D eigenvalue weighted by Gasteiger charge is -2.26. The molecule has 0 bridgehead atoms. The SMILES string of the molecule is Cc1ccc(S(=O)(=O)c2ccc(Cl)c(Cl)c2)cc1S(=O)(=O)N1CCCCC1. The normalized spacial score (nSPS) is 16.4. The average Bonchev–Trinajstić information content (AvgIpc) is 2.64. The molecule has 0 saturated carbocycles. The Bertz CT molecular complexity index is 1080. The van der Waals surface area contributed by atoms with Crippen LogP contribution in [0.25, 0.3) is 0 Å². The van der Waals surface area contributed by atoms with Gasteiger partial charge in [-0.2, -0.15) is 4.31 Å². The van der Waals surface area contributed by atoms with E-state index in [1.807, 2.05) is 0 Å². The summed E-state index contributed by atoms with van der Waals surface area (Å²) in [6.07, 6.45) is 2.61. The molecule has 1 saturated heterocycles. The minimum Gasteiger partial charge on any atom is -0.219 e. The van der Waals surface area contributed by atoms with Crippen LogP contribution in [0.4, 0.5) is 0 Å². The Kier molecular flexibility index (Phi) is 5.89. The van der Waals surface area contributed by atoms with Crippen LogP contribution in [0.3, 0.4) is 0 Å². The van der Waals surface area contributed by atoms with Gasteiger partial charge in [-0.1, -0.05) is 35.7 Å². The average molecular weight is 448 g/mol. The highest BCUT2D eigenvalue weighted by Gasteiger charge is 2.29. The van der Waals surface area contributed by atoms with Crippen molar-refractivity contribution >= 4 is 43.1 Å². The molecule has 0 unspecified atom stereocenters. The monoisotopic (exact) mass is 447 g/mol. The predicted octanol–water partition coefficient (Wildman–Crippen LogP) is 4.31. The van der Waals surface area contributed by atoms with Crippen LogP contribution < -0.4 is 0 Å². The fraction of sp³-hybridized carbons (Fsp3) is 0.333. The molecule has 5 nitrogen and oxygen atoms in total. The molecular formula is C18H19Cl2NO4S2. The zero-order valence-electron chi connectivity index (χ0n) is 14.7. The van der Waals surface area contributed by atoms with Gasteiger partial charge < -0.3 is 0 Å². The molecule has 0 N–H and O–H groups in total. The van der Waals surface area contributed by atoms with Crippen LogP contribution in [0.15, 0.2) is 51.1 Å². The van der Waals surface area contributed by atoms with Crippen molar-refractivity contribution in [3.05, 3.63) is 52.0 Å². The van der Waals surface area contributed by atoms with E-state index in [-0.39, 0.29) is 24.7 Å². The van der Waals surface area contributed by atoms with Gasteiger partial charge in [-0.05, 0) is 55.7 Å². The maximum atomic E-state index is 13.0. The van der Waals surface area contributed by atoms with Gasteiger partial charge >= 0.3 is 0 Å². The lowest BCUT2D eigenvalue weighted by Crippen LogP contribution is -2.36. The first-order valence-electron chi connectivity index (χ1n) is 8.45. The number of piperidine rings is 1. The van der Waals surface area contributed by atoms with E-state index >= 15 is 0 Å². The number of halogens is 2. The van der Waals surface area contributed by atoms with Gasteiger partial charge in [0.1, 0.15) is 0 Å². The van der Waals surface area contributed by atoms with Crippen molar-refractivity contribution in [1.82, 2.24) is 4.31 Å². The number of nitrogens with zero attached hydrogens (tertiary/aromatic N) is 1. The Hall–Kier alpha value is -1.12. The second-order valence-electron chi connectivity index (χ2n) is 6.47. The molecular weight excluding hydrogens is 429 g/mol. The highest BCUT2D eigenvalue weighted by atomic mass is 35.5. The van der Waals surface area contributed by atoms with Crippen LogP contribution in [0, 0.1) is 6.92 Å². The van der Waals surface area contributed by atoms with Gasteiger partial charge in [0.15, 0.2) is 0 Å². The van der Waals surface area contributed by atoms with E-state index in [9.17, 15) is 16.8 Å². The van der Waals surface area contributed by atoms with Gasteiger partial charge in [-0.15, -0.1) is 0 Å². The third-order valence-electron chi connectivity index (χ3n) is 4.60. The van der Waals surface area contributed by atoms with Crippen molar-refractivity contribution in [2.45, 2.75) is 40.9 Å². The van der Waals surface area contributed by atoms with E-state index in [0.717, 1.165) is 19.3 Å². The molecule has 0 radical (unpaired) electrons. The molecule has 0 aromatic heterocycles. The highest BCUT2D eigenvalue weighted by molar-refractivity contribution is 7.91. The number of hydrogen-bond acceptors (Lipinski definition) is 4. The van der Waals surface area contributed by atoms with E-state index in [0.29, 0.717) is 18.7 Å². The van der Waals surface area contributed by atoms with Crippen molar-refractivity contribution in [2.75, 3.05) is 13.1 Å². The summed E-state index contributed by atoms with van der Waals surface area (Å²) >= 11 is 11.8. The Morgan fingerprint density at radius 3 is 2.04 bits per heavy atom. The van der Waals surface area contributed by atoms with Crippen LogP contribution in [-0.4, -0.2) is 34.2 Å². The summed E-state index contributed by atoms with van der Waals surface area (Å²) in [5.41, 5.74) is 0.508.